The van der Waals surface area contributed by atoms with Gasteiger partial charge >= 0.3 is 12.1 Å². The number of benzene rings is 1. The van der Waals surface area contributed by atoms with Crippen LogP contribution in [0, 0.1) is 5.92 Å². The van der Waals surface area contributed by atoms with Crippen LogP contribution in [0.3, 0.4) is 0 Å². The number of esters is 1. The molecule has 1 heterocycles. The number of nitrogens with zero attached hydrogens (tertiary/aromatic N) is 1. The van der Waals surface area contributed by atoms with Crippen LogP contribution in [0.2, 0.25) is 0 Å². The molecule has 28 heavy (non-hydrogen) atoms. The number of carbonyl (C=O) groups excluding carboxylic acids is 2. The van der Waals surface area contributed by atoms with E-state index < -0.39 is 34.1 Å². The summed E-state index contributed by atoms with van der Waals surface area (Å²) < 4.78 is 42.1. The van der Waals surface area contributed by atoms with Gasteiger partial charge in [0.05, 0.1) is 38.0 Å². The van der Waals surface area contributed by atoms with E-state index in [1.165, 1.54) is 12.0 Å². The second-order valence-electron chi connectivity index (χ2n) is 6.53. The van der Waals surface area contributed by atoms with Crippen LogP contribution >= 0.6 is 0 Å². The van der Waals surface area contributed by atoms with E-state index in [0.717, 1.165) is 5.56 Å². The van der Waals surface area contributed by atoms with Crippen molar-refractivity contribution in [3.8, 4) is 0 Å². The summed E-state index contributed by atoms with van der Waals surface area (Å²) in [7, 11) is -2.44. The average molecular weight is 414 g/mol. The highest BCUT2D eigenvalue weighted by atomic mass is 32.2. The van der Waals surface area contributed by atoms with Crippen LogP contribution in [0.25, 0.3) is 0 Å². The summed E-state index contributed by atoms with van der Waals surface area (Å²) in [5.41, 5.74) is 0.868. The first-order chi connectivity index (χ1) is 13.3. The summed E-state index contributed by atoms with van der Waals surface area (Å²) in [4.78, 5) is 25.0. The van der Waals surface area contributed by atoms with Gasteiger partial charge in [0.1, 0.15) is 6.61 Å². The van der Waals surface area contributed by atoms with Crippen LogP contribution < -0.4 is 4.72 Å². The Morgan fingerprint density at radius 2 is 2.04 bits per heavy atom. The Balaban J connectivity index is 1.81. The molecule has 1 aromatic rings. The van der Waals surface area contributed by atoms with E-state index in [-0.39, 0.29) is 32.1 Å². The molecular weight excluding hydrogens is 388 g/mol. The fourth-order valence-corrected chi connectivity index (χ4v) is 3.95. The summed E-state index contributed by atoms with van der Waals surface area (Å²) >= 11 is 0. The molecule has 1 N–H and O–H groups in total. The van der Waals surface area contributed by atoms with Crippen LogP contribution in [-0.2, 0) is 35.6 Å². The number of hydrogen-bond donors (Lipinski definition) is 1. The molecule has 2 rings (SSSR count). The van der Waals surface area contributed by atoms with Crippen molar-refractivity contribution in [2.75, 3.05) is 39.1 Å². The molecule has 2 atom stereocenters. The zero-order valence-corrected chi connectivity index (χ0v) is 16.8. The molecule has 10 heteroatoms. The lowest BCUT2D eigenvalue weighted by Crippen LogP contribution is -2.49. The van der Waals surface area contributed by atoms with Gasteiger partial charge in [-0.3, -0.25) is 4.79 Å². The predicted octanol–water partition coefficient (Wildman–Crippen LogP) is 0.753. The molecule has 0 bridgehead atoms. The van der Waals surface area contributed by atoms with E-state index in [4.69, 9.17) is 9.47 Å². The number of carbonyl (C=O) groups is 2. The van der Waals surface area contributed by atoms with Gasteiger partial charge in [-0.1, -0.05) is 37.3 Å². The molecule has 1 aliphatic heterocycles. The second-order valence-corrected chi connectivity index (χ2v) is 8.38. The standard InChI is InChI=1S/C18H26N2O7S/c1-14(17(21)25-2)10-19-28(23,24)13-16-11-20(8-9-26-16)18(22)27-12-15-6-4-3-5-7-15/h3-7,14,16,19H,8-13H2,1-2H3/t14-,16+/m0/s1. The summed E-state index contributed by atoms with van der Waals surface area (Å²) in [5.74, 6) is -1.41. The van der Waals surface area contributed by atoms with Crippen molar-refractivity contribution < 1.29 is 32.2 Å². The molecule has 1 aliphatic rings. The quantitative estimate of drug-likeness (QED) is 0.625. The predicted molar refractivity (Wildman–Crippen MR) is 101 cm³/mol. The minimum Gasteiger partial charge on any atom is -0.469 e. The molecule has 9 nitrogen and oxygen atoms in total. The molecule has 1 aromatic carbocycles. The lowest BCUT2D eigenvalue weighted by atomic mass is 10.2. The minimum atomic E-state index is -3.68. The van der Waals surface area contributed by atoms with Gasteiger partial charge in [-0.2, -0.15) is 0 Å². The monoisotopic (exact) mass is 414 g/mol. The maximum atomic E-state index is 12.2. The van der Waals surface area contributed by atoms with Crippen molar-refractivity contribution in [2.45, 2.75) is 19.6 Å². The van der Waals surface area contributed by atoms with Gasteiger partial charge in [0.2, 0.25) is 10.0 Å². The molecule has 0 aliphatic carbocycles. The molecule has 1 saturated heterocycles. The van der Waals surface area contributed by atoms with Crippen LogP contribution in [0.1, 0.15) is 12.5 Å². The summed E-state index contributed by atoms with van der Waals surface area (Å²) in [6, 6.07) is 9.28. The maximum Gasteiger partial charge on any atom is 0.410 e. The third-order valence-corrected chi connectivity index (χ3v) is 5.64. The molecule has 156 valence electrons. The number of ether oxygens (including phenoxy) is 3. The van der Waals surface area contributed by atoms with Crippen LogP contribution in [-0.4, -0.2) is 70.6 Å². The largest absolute Gasteiger partial charge is 0.469 e. The molecule has 0 radical (unpaired) electrons. The number of hydrogen-bond acceptors (Lipinski definition) is 7. The molecule has 0 saturated carbocycles. The summed E-state index contributed by atoms with van der Waals surface area (Å²) in [6.07, 6.45) is -1.19. The number of methoxy groups -OCH3 is 1. The molecule has 0 spiro atoms. The van der Waals surface area contributed by atoms with Gasteiger partial charge in [0.25, 0.3) is 0 Å². The van der Waals surface area contributed by atoms with E-state index in [1.807, 2.05) is 30.3 Å². The molecule has 0 aromatic heterocycles. The van der Waals surface area contributed by atoms with E-state index in [1.54, 1.807) is 6.92 Å². The fraction of sp³-hybridized carbons (Fsp3) is 0.556. The fourth-order valence-electron chi connectivity index (χ4n) is 2.64. The highest BCUT2D eigenvalue weighted by Gasteiger charge is 2.29. The van der Waals surface area contributed by atoms with Crippen LogP contribution in [0.5, 0.6) is 0 Å². The Morgan fingerprint density at radius 3 is 2.71 bits per heavy atom. The lowest BCUT2D eigenvalue weighted by Gasteiger charge is -2.32. The van der Waals surface area contributed by atoms with E-state index in [0.29, 0.717) is 6.54 Å². The number of amides is 1. The number of sulfonamides is 1. The second kappa shape index (κ2) is 10.4. The lowest BCUT2D eigenvalue weighted by molar-refractivity contribution is -0.144. The van der Waals surface area contributed by atoms with Crippen molar-refractivity contribution in [3.63, 3.8) is 0 Å². The Hall–Kier alpha value is -2.17. The third-order valence-electron chi connectivity index (χ3n) is 4.22. The van der Waals surface area contributed by atoms with Gasteiger partial charge in [-0.25, -0.2) is 17.9 Å². The minimum absolute atomic E-state index is 0.0649. The third kappa shape index (κ3) is 7.10. The number of nitrogens with one attached hydrogen (secondary N) is 1. The first-order valence-electron chi connectivity index (χ1n) is 8.93. The maximum absolute atomic E-state index is 12.2. The summed E-state index contributed by atoms with van der Waals surface area (Å²) in [5, 5.41) is 0. The van der Waals surface area contributed by atoms with Gasteiger partial charge in [0, 0.05) is 13.1 Å². The summed E-state index contributed by atoms with van der Waals surface area (Å²) in [6.45, 7) is 2.31. The SMILES string of the molecule is COC(=O)[C@@H](C)CNS(=O)(=O)C[C@H]1CN(C(=O)OCc2ccccc2)CCO1. The molecule has 0 unspecified atom stereocenters. The van der Waals surface area contributed by atoms with Crippen LogP contribution in [0.15, 0.2) is 30.3 Å². The van der Waals surface area contributed by atoms with Crippen molar-refractivity contribution in [3.05, 3.63) is 35.9 Å². The smallest absolute Gasteiger partial charge is 0.410 e. The van der Waals surface area contributed by atoms with Crippen molar-refractivity contribution in [2.24, 2.45) is 5.92 Å². The first kappa shape index (κ1) is 22.1. The average Bonchev–Trinajstić information content (AvgIpc) is 2.70. The van der Waals surface area contributed by atoms with Crippen molar-refractivity contribution >= 4 is 22.1 Å². The van der Waals surface area contributed by atoms with E-state index >= 15 is 0 Å². The van der Waals surface area contributed by atoms with Crippen molar-refractivity contribution in [1.29, 1.82) is 0 Å². The van der Waals surface area contributed by atoms with E-state index in [9.17, 15) is 18.0 Å². The van der Waals surface area contributed by atoms with Crippen LogP contribution in [0.4, 0.5) is 4.79 Å². The Bertz CT molecular complexity index is 754. The van der Waals surface area contributed by atoms with Gasteiger partial charge < -0.3 is 19.1 Å². The van der Waals surface area contributed by atoms with Gasteiger partial charge in [0.15, 0.2) is 0 Å². The zero-order chi connectivity index (χ0) is 20.6. The van der Waals surface area contributed by atoms with Gasteiger partial charge in [-0.05, 0) is 5.56 Å². The Kier molecular flexibility index (Phi) is 8.21. The van der Waals surface area contributed by atoms with Crippen molar-refractivity contribution in [1.82, 2.24) is 9.62 Å². The van der Waals surface area contributed by atoms with Gasteiger partial charge in [-0.15, -0.1) is 0 Å². The Labute approximate surface area is 165 Å². The highest BCUT2D eigenvalue weighted by molar-refractivity contribution is 7.89. The normalized spacial score (nSPS) is 18.4. The highest BCUT2D eigenvalue weighted by Crippen LogP contribution is 2.11. The Morgan fingerprint density at radius 1 is 1.32 bits per heavy atom. The topological polar surface area (TPSA) is 111 Å². The number of morpholine rings is 1. The van der Waals surface area contributed by atoms with E-state index in [2.05, 4.69) is 9.46 Å². The zero-order valence-electron chi connectivity index (χ0n) is 16.0. The first-order valence-corrected chi connectivity index (χ1v) is 10.6. The molecular formula is C18H26N2O7S. The number of rotatable bonds is 8. The molecule has 1 amide bonds. The molecule has 1 fully saturated rings.